The number of aromatic nitrogens is 2. The summed E-state index contributed by atoms with van der Waals surface area (Å²) in [7, 11) is 3.08. The zero-order chi connectivity index (χ0) is 21.0. The van der Waals surface area contributed by atoms with Gasteiger partial charge in [0, 0.05) is 16.8 Å². The van der Waals surface area contributed by atoms with Gasteiger partial charge in [0.25, 0.3) is 5.91 Å². The maximum Gasteiger partial charge on any atom is 0.255 e. The molecule has 0 aliphatic carbocycles. The molecule has 0 bridgehead atoms. The Labute approximate surface area is 170 Å². The highest BCUT2D eigenvalue weighted by Gasteiger charge is 2.14. The number of hydrogen-bond acceptors (Lipinski definition) is 5. The van der Waals surface area contributed by atoms with Gasteiger partial charge in [-0.3, -0.25) is 4.79 Å². The lowest BCUT2D eigenvalue weighted by atomic mass is 9.87. The smallest absolute Gasteiger partial charge is 0.255 e. The number of carbonyl (C=O) groups excluding carboxylic acids is 1. The molecule has 0 radical (unpaired) electrons. The Hall–Kier alpha value is -3.41. The van der Waals surface area contributed by atoms with Crippen LogP contribution in [0, 0.1) is 0 Å². The van der Waals surface area contributed by atoms with Crippen LogP contribution in [0.2, 0.25) is 0 Å². The van der Waals surface area contributed by atoms with Crippen LogP contribution >= 0.6 is 0 Å². The minimum Gasteiger partial charge on any atom is -0.481 e. The van der Waals surface area contributed by atoms with Gasteiger partial charge in [-0.15, -0.1) is 0 Å². The molecule has 0 saturated carbocycles. The van der Waals surface area contributed by atoms with E-state index in [1.54, 1.807) is 6.07 Å². The van der Waals surface area contributed by atoms with E-state index in [0.29, 0.717) is 28.8 Å². The van der Waals surface area contributed by atoms with E-state index < -0.39 is 0 Å². The van der Waals surface area contributed by atoms with Gasteiger partial charge >= 0.3 is 0 Å². The monoisotopic (exact) mass is 391 g/mol. The average Bonchev–Trinajstić information content (AvgIpc) is 2.73. The summed E-state index contributed by atoms with van der Waals surface area (Å²) in [5.41, 5.74) is 3.33. The van der Waals surface area contributed by atoms with Crippen LogP contribution in [0.1, 0.15) is 36.7 Å². The Morgan fingerprint density at radius 3 is 1.90 bits per heavy atom. The van der Waals surface area contributed by atoms with E-state index in [0.717, 1.165) is 5.56 Å². The minimum absolute atomic E-state index is 0.0513. The third-order valence-corrected chi connectivity index (χ3v) is 4.51. The van der Waals surface area contributed by atoms with Gasteiger partial charge in [-0.2, -0.15) is 9.97 Å². The molecule has 1 amide bonds. The Morgan fingerprint density at radius 1 is 0.862 bits per heavy atom. The first-order valence-corrected chi connectivity index (χ1v) is 9.29. The van der Waals surface area contributed by atoms with Crippen molar-refractivity contribution in [2.75, 3.05) is 19.5 Å². The fourth-order valence-corrected chi connectivity index (χ4v) is 2.77. The zero-order valence-corrected chi connectivity index (χ0v) is 17.3. The van der Waals surface area contributed by atoms with E-state index in [1.165, 1.54) is 19.8 Å². The van der Waals surface area contributed by atoms with Crippen molar-refractivity contribution in [3.8, 4) is 23.1 Å². The third kappa shape index (κ3) is 4.90. The Balaban J connectivity index is 1.75. The number of ether oxygens (including phenoxy) is 2. The number of amides is 1. The van der Waals surface area contributed by atoms with Crippen molar-refractivity contribution in [3.05, 3.63) is 65.7 Å². The molecule has 1 N–H and O–H groups in total. The first-order chi connectivity index (χ1) is 13.8. The number of anilines is 1. The molecule has 6 heteroatoms. The van der Waals surface area contributed by atoms with Crippen LogP contribution in [-0.4, -0.2) is 30.1 Å². The second-order valence-electron chi connectivity index (χ2n) is 7.64. The summed E-state index contributed by atoms with van der Waals surface area (Å²) in [6.07, 6.45) is 0. The predicted octanol–water partition coefficient (Wildman–Crippen LogP) is 4.71. The van der Waals surface area contributed by atoms with E-state index in [4.69, 9.17) is 9.47 Å². The maximum absolute atomic E-state index is 12.5. The lowest BCUT2D eigenvalue weighted by Gasteiger charge is -2.19. The number of nitrogens with zero attached hydrogens (tertiary/aromatic N) is 2. The Morgan fingerprint density at radius 2 is 1.41 bits per heavy atom. The van der Waals surface area contributed by atoms with Gasteiger partial charge in [0.1, 0.15) is 0 Å². The van der Waals surface area contributed by atoms with Crippen LogP contribution in [0.25, 0.3) is 11.4 Å². The fourth-order valence-electron chi connectivity index (χ4n) is 2.77. The van der Waals surface area contributed by atoms with E-state index in [1.807, 2.05) is 48.5 Å². The van der Waals surface area contributed by atoms with E-state index in [2.05, 4.69) is 36.1 Å². The maximum atomic E-state index is 12.5. The molecule has 1 aromatic heterocycles. The lowest BCUT2D eigenvalue weighted by molar-refractivity contribution is 0.102. The largest absolute Gasteiger partial charge is 0.481 e. The van der Waals surface area contributed by atoms with Crippen molar-refractivity contribution in [1.29, 1.82) is 0 Å². The summed E-state index contributed by atoms with van der Waals surface area (Å²) in [5.74, 6) is 1.17. The molecule has 0 saturated heterocycles. The summed E-state index contributed by atoms with van der Waals surface area (Å²) < 4.78 is 10.4. The molecule has 29 heavy (non-hydrogen) atoms. The number of carbonyl (C=O) groups is 1. The van der Waals surface area contributed by atoms with Gasteiger partial charge in [-0.05, 0) is 47.4 Å². The summed E-state index contributed by atoms with van der Waals surface area (Å²) >= 11 is 0. The van der Waals surface area contributed by atoms with E-state index in [-0.39, 0.29) is 11.3 Å². The molecule has 0 atom stereocenters. The lowest BCUT2D eigenvalue weighted by Crippen LogP contribution is -2.14. The molecule has 0 aliphatic rings. The van der Waals surface area contributed by atoms with Gasteiger partial charge in [0.2, 0.25) is 11.8 Å². The van der Waals surface area contributed by atoms with Gasteiger partial charge < -0.3 is 14.8 Å². The van der Waals surface area contributed by atoms with Crippen LogP contribution in [0.5, 0.6) is 11.8 Å². The highest BCUT2D eigenvalue weighted by molar-refractivity contribution is 6.04. The molecule has 0 fully saturated rings. The molecule has 3 aromatic rings. The minimum atomic E-state index is -0.155. The molecular weight excluding hydrogens is 366 g/mol. The van der Waals surface area contributed by atoms with Crippen LogP contribution in [0.3, 0.4) is 0 Å². The average molecular weight is 391 g/mol. The van der Waals surface area contributed by atoms with Gasteiger partial charge in [-0.1, -0.05) is 32.9 Å². The van der Waals surface area contributed by atoms with Gasteiger partial charge in [0.05, 0.1) is 20.3 Å². The molecule has 150 valence electrons. The van der Waals surface area contributed by atoms with Crippen molar-refractivity contribution >= 4 is 11.6 Å². The summed E-state index contributed by atoms with van der Waals surface area (Å²) in [6, 6.07) is 16.6. The third-order valence-electron chi connectivity index (χ3n) is 4.51. The first kappa shape index (κ1) is 20.3. The summed E-state index contributed by atoms with van der Waals surface area (Å²) in [5, 5.41) is 2.91. The van der Waals surface area contributed by atoms with Crippen LogP contribution in [0.4, 0.5) is 5.69 Å². The second-order valence-corrected chi connectivity index (χ2v) is 7.64. The SMILES string of the molecule is COc1cc(OC)nc(-c2ccc(NC(=O)c3ccc(C(C)(C)C)cc3)cc2)n1. The quantitative estimate of drug-likeness (QED) is 0.682. The van der Waals surface area contributed by atoms with Crippen LogP contribution < -0.4 is 14.8 Å². The molecule has 3 rings (SSSR count). The Kier molecular flexibility index (Phi) is 5.82. The summed E-state index contributed by atoms with van der Waals surface area (Å²) in [6.45, 7) is 6.43. The van der Waals surface area contributed by atoms with E-state index in [9.17, 15) is 4.79 Å². The molecule has 0 aliphatic heterocycles. The number of benzene rings is 2. The zero-order valence-electron chi connectivity index (χ0n) is 17.3. The highest BCUT2D eigenvalue weighted by Crippen LogP contribution is 2.25. The molecular formula is C23H25N3O3. The number of hydrogen-bond donors (Lipinski definition) is 1. The first-order valence-electron chi connectivity index (χ1n) is 9.29. The number of rotatable bonds is 5. The second kappa shape index (κ2) is 8.31. The predicted molar refractivity (Wildman–Crippen MR) is 114 cm³/mol. The molecule has 0 spiro atoms. The van der Waals surface area contributed by atoms with E-state index >= 15 is 0 Å². The van der Waals surface area contributed by atoms with Crippen molar-refractivity contribution in [1.82, 2.24) is 9.97 Å². The molecule has 0 unspecified atom stereocenters. The van der Waals surface area contributed by atoms with Crippen LogP contribution in [-0.2, 0) is 5.41 Å². The topological polar surface area (TPSA) is 73.3 Å². The van der Waals surface area contributed by atoms with Gasteiger partial charge in [0.15, 0.2) is 5.82 Å². The van der Waals surface area contributed by atoms with Crippen molar-refractivity contribution in [3.63, 3.8) is 0 Å². The van der Waals surface area contributed by atoms with Crippen molar-refractivity contribution < 1.29 is 14.3 Å². The van der Waals surface area contributed by atoms with Gasteiger partial charge in [-0.25, -0.2) is 0 Å². The van der Waals surface area contributed by atoms with Crippen LogP contribution in [0.15, 0.2) is 54.6 Å². The molecule has 2 aromatic carbocycles. The standard InChI is InChI=1S/C23H25N3O3/c1-23(2,3)17-10-6-16(7-11-17)22(27)24-18-12-8-15(9-13-18)21-25-19(28-4)14-20(26-21)29-5/h6-14H,1-5H3,(H,24,27). The van der Waals surface area contributed by atoms with Crippen molar-refractivity contribution in [2.45, 2.75) is 26.2 Å². The highest BCUT2D eigenvalue weighted by atomic mass is 16.5. The molecule has 6 nitrogen and oxygen atoms in total. The number of nitrogens with one attached hydrogen (secondary N) is 1. The summed E-state index contributed by atoms with van der Waals surface area (Å²) in [4.78, 5) is 21.2. The number of methoxy groups -OCH3 is 2. The fraction of sp³-hybridized carbons (Fsp3) is 0.261. The molecule has 1 heterocycles. The Bertz CT molecular complexity index is 969. The normalized spacial score (nSPS) is 11.1. The van der Waals surface area contributed by atoms with Crippen molar-refractivity contribution in [2.24, 2.45) is 0 Å².